The molecule has 1 fully saturated rings. The first-order valence-corrected chi connectivity index (χ1v) is 7.71. The number of halogens is 6. The molecule has 3 heterocycles. The predicted molar refractivity (Wildman–Crippen MR) is 80.3 cm³/mol. The van der Waals surface area contributed by atoms with Gasteiger partial charge in [0.15, 0.2) is 0 Å². The number of anilines is 1. The van der Waals surface area contributed by atoms with E-state index in [1.54, 1.807) is 0 Å². The number of rotatable bonds is 3. The summed E-state index contributed by atoms with van der Waals surface area (Å²) in [5.41, 5.74) is -0.312. The van der Waals surface area contributed by atoms with Crippen LogP contribution in [0.3, 0.4) is 0 Å². The first-order chi connectivity index (χ1) is 12.1. The van der Waals surface area contributed by atoms with Crippen LogP contribution in [0.25, 0.3) is 0 Å². The maximum Gasteiger partial charge on any atom is 0.417 e. The summed E-state index contributed by atoms with van der Waals surface area (Å²) in [4.78, 5) is 6.33. The molecule has 0 spiro atoms. The minimum Gasteiger partial charge on any atom is -0.353 e. The van der Waals surface area contributed by atoms with Crippen molar-refractivity contribution < 1.29 is 26.3 Å². The minimum atomic E-state index is -4.54. The SMILES string of the molecule is FC(F)(F)c1ccc(N2CCN(Cc3cn[nH]c3)C(C(F)(F)F)C2)nc1. The van der Waals surface area contributed by atoms with E-state index in [9.17, 15) is 26.3 Å². The highest BCUT2D eigenvalue weighted by atomic mass is 19.4. The fourth-order valence-corrected chi connectivity index (χ4v) is 2.87. The number of aromatic amines is 1. The normalized spacial score (nSPS) is 19.8. The van der Waals surface area contributed by atoms with E-state index in [1.165, 1.54) is 22.2 Å². The van der Waals surface area contributed by atoms with Gasteiger partial charge < -0.3 is 4.90 Å². The van der Waals surface area contributed by atoms with Gasteiger partial charge in [-0.05, 0) is 12.1 Å². The van der Waals surface area contributed by atoms with Gasteiger partial charge in [-0.2, -0.15) is 31.4 Å². The van der Waals surface area contributed by atoms with E-state index in [1.807, 2.05) is 0 Å². The lowest BCUT2D eigenvalue weighted by atomic mass is 10.1. The van der Waals surface area contributed by atoms with Crippen LogP contribution in [0.2, 0.25) is 0 Å². The number of piperazine rings is 1. The zero-order chi connectivity index (χ0) is 18.9. The second-order valence-electron chi connectivity index (χ2n) is 5.98. The second kappa shape index (κ2) is 6.78. The Labute approximate surface area is 144 Å². The van der Waals surface area contributed by atoms with Crippen LogP contribution in [0.1, 0.15) is 11.1 Å². The van der Waals surface area contributed by atoms with Crippen molar-refractivity contribution >= 4 is 5.82 Å². The molecule has 11 heteroatoms. The molecule has 1 aliphatic rings. The minimum absolute atomic E-state index is 0.0783. The molecule has 1 atom stereocenters. The average Bonchev–Trinajstić information content (AvgIpc) is 3.06. The summed E-state index contributed by atoms with van der Waals surface area (Å²) in [5.74, 6) is 0.0928. The topological polar surface area (TPSA) is 48.0 Å². The number of hydrogen-bond donors (Lipinski definition) is 1. The quantitative estimate of drug-likeness (QED) is 0.833. The summed E-state index contributed by atoms with van der Waals surface area (Å²) in [7, 11) is 0. The smallest absolute Gasteiger partial charge is 0.353 e. The van der Waals surface area contributed by atoms with Crippen molar-refractivity contribution in [2.24, 2.45) is 0 Å². The van der Waals surface area contributed by atoms with Crippen LogP contribution >= 0.6 is 0 Å². The summed E-state index contributed by atoms with van der Waals surface area (Å²) in [5, 5.41) is 6.27. The number of nitrogens with zero attached hydrogens (tertiary/aromatic N) is 4. The van der Waals surface area contributed by atoms with Crippen LogP contribution in [0.15, 0.2) is 30.7 Å². The molecule has 2 aromatic heterocycles. The molecule has 1 N–H and O–H groups in total. The van der Waals surface area contributed by atoms with Crippen molar-refractivity contribution in [1.29, 1.82) is 0 Å². The Morgan fingerprint density at radius 2 is 1.85 bits per heavy atom. The van der Waals surface area contributed by atoms with Crippen molar-refractivity contribution in [3.05, 3.63) is 41.9 Å². The predicted octanol–water partition coefficient (Wildman–Crippen LogP) is 3.08. The molecule has 3 rings (SSSR count). The Bertz CT molecular complexity index is 710. The van der Waals surface area contributed by atoms with E-state index in [0.29, 0.717) is 11.8 Å². The molecule has 142 valence electrons. The first-order valence-electron chi connectivity index (χ1n) is 7.71. The highest BCUT2D eigenvalue weighted by Crippen LogP contribution is 2.32. The van der Waals surface area contributed by atoms with Gasteiger partial charge in [-0.25, -0.2) is 4.98 Å². The Balaban J connectivity index is 1.76. The summed E-state index contributed by atoms with van der Waals surface area (Å²) in [6.07, 6.45) is -5.40. The van der Waals surface area contributed by atoms with Gasteiger partial charge in [0, 0.05) is 44.1 Å². The lowest BCUT2D eigenvalue weighted by molar-refractivity contribution is -0.186. The molecular formula is C15H15F6N5. The molecule has 0 radical (unpaired) electrons. The van der Waals surface area contributed by atoms with Crippen molar-refractivity contribution in [2.45, 2.75) is 24.9 Å². The van der Waals surface area contributed by atoms with Crippen LogP contribution in [-0.4, -0.2) is 51.9 Å². The number of aromatic nitrogens is 3. The van der Waals surface area contributed by atoms with Crippen molar-refractivity contribution in [2.75, 3.05) is 24.5 Å². The van der Waals surface area contributed by atoms with Gasteiger partial charge in [0.25, 0.3) is 0 Å². The van der Waals surface area contributed by atoms with Gasteiger partial charge in [0.2, 0.25) is 0 Å². The molecule has 1 aliphatic heterocycles. The van der Waals surface area contributed by atoms with E-state index in [-0.39, 0.29) is 25.5 Å². The molecule has 0 amide bonds. The van der Waals surface area contributed by atoms with E-state index >= 15 is 0 Å². The van der Waals surface area contributed by atoms with Gasteiger partial charge >= 0.3 is 12.4 Å². The average molecular weight is 379 g/mol. The molecule has 2 aromatic rings. The lowest BCUT2D eigenvalue weighted by Gasteiger charge is -2.42. The highest BCUT2D eigenvalue weighted by Gasteiger charge is 2.46. The largest absolute Gasteiger partial charge is 0.417 e. The van der Waals surface area contributed by atoms with E-state index in [0.717, 1.165) is 12.1 Å². The third-order valence-electron chi connectivity index (χ3n) is 4.21. The summed E-state index contributed by atoms with van der Waals surface area (Å²) >= 11 is 0. The Hall–Kier alpha value is -2.30. The summed E-state index contributed by atoms with van der Waals surface area (Å²) in [6, 6.07) is 0.167. The van der Waals surface area contributed by atoms with Crippen molar-refractivity contribution in [1.82, 2.24) is 20.1 Å². The molecular weight excluding hydrogens is 364 g/mol. The molecule has 0 aliphatic carbocycles. The van der Waals surface area contributed by atoms with Crippen molar-refractivity contribution in [3.63, 3.8) is 0 Å². The molecule has 0 bridgehead atoms. The van der Waals surface area contributed by atoms with Gasteiger partial charge in [0.1, 0.15) is 11.9 Å². The number of hydrogen-bond acceptors (Lipinski definition) is 4. The number of alkyl halides is 6. The molecule has 1 unspecified atom stereocenters. The molecule has 1 saturated heterocycles. The van der Waals surface area contributed by atoms with Crippen LogP contribution in [0.5, 0.6) is 0 Å². The standard InChI is InChI=1S/C15H15F6N5/c16-14(17,18)11-1-2-13(22-7-11)26-4-3-25(8-10-5-23-24-6-10)12(9-26)15(19,20)21/h1-2,5-7,12H,3-4,8-9H2,(H,23,24). The summed E-state index contributed by atoms with van der Waals surface area (Å²) < 4.78 is 78.2. The van der Waals surface area contributed by atoms with Gasteiger partial charge in [-0.1, -0.05) is 0 Å². The zero-order valence-corrected chi connectivity index (χ0v) is 13.3. The number of H-pyrrole nitrogens is 1. The third kappa shape index (κ3) is 4.09. The van der Waals surface area contributed by atoms with Gasteiger partial charge in [-0.15, -0.1) is 0 Å². The van der Waals surface area contributed by atoms with Gasteiger partial charge in [-0.3, -0.25) is 10.00 Å². The maximum absolute atomic E-state index is 13.5. The fraction of sp³-hybridized carbons (Fsp3) is 0.467. The monoisotopic (exact) mass is 379 g/mol. The lowest BCUT2D eigenvalue weighted by Crippen LogP contribution is -2.58. The maximum atomic E-state index is 13.5. The Kier molecular flexibility index (Phi) is 4.82. The van der Waals surface area contributed by atoms with Crippen LogP contribution < -0.4 is 4.90 Å². The second-order valence-corrected chi connectivity index (χ2v) is 5.98. The van der Waals surface area contributed by atoms with E-state index < -0.39 is 30.5 Å². The number of nitrogens with one attached hydrogen (secondary N) is 1. The molecule has 0 saturated carbocycles. The van der Waals surface area contributed by atoms with Gasteiger partial charge in [0.05, 0.1) is 11.8 Å². The van der Waals surface area contributed by atoms with E-state index in [4.69, 9.17) is 0 Å². The molecule has 0 aromatic carbocycles. The fourth-order valence-electron chi connectivity index (χ4n) is 2.87. The molecule has 26 heavy (non-hydrogen) atoms. The zero-order valence-electron chi connectivity index (χ0n) is 13.3. The first kappa shape index (κ1) is 18.5. The Morgan fingerprint density at radius 1 is 1.08 bits per heavy atom. The van der Waals surface area contributed by atoms with Crippen LogP contribution in [-0.2, 0) is 12.7 Å². The Morgan fingerprint density at radius 3 is 2.38 bits per heavy atom. The van der Waals surface area contributed by atoms with Crippen LogP contribution in [0.4, 0.5) is 32.2 Å². The highest BCUT2D eigenvalue weighted by molar-refractivity contribution is 5.41. The third-order valence-corrected chi connectivity index (χ3v) is 4.21. The molecule has 5 nitrogen and oxygen atoms in total. The summed E-state index contributed by atoms with van der Waals surface area (Å²) in [6.45, 7) is -0.00444. The number of pyridine rings is 1. The van der Waals surface area contributed by atoms with E-state index in [2.05, 4.69) is 15.2 Å². The van der Waals surface area contributed by atoms with Crippen molar-refractivity contribution in [3.8, 4) is 0 Å². The van der Waals surface area contributed by atoms with Crippen LogP contribution in [0, 0.1) is 0 Å².